The zero-order chi connectivity index (χ0) is 23.5. The molecular weight excluding hydrogens is 446 g/mol. The molecule has 0 radical (unpaired) electrons. The number of aromatic nitrogens is 2. The van der Waals surface area contributed by atoms with Gasteiger partial charge >= 0.3 is 12.4 Å². The molecule has 5 rings (SSSR count). The van der Waals surface area contributed by atoms with E-state index < -0.39 is 29.2 Å². The quantitative estimate of drug-likeness (QED) is 0.509. The number of fused-ring (bicyclic) bond motifs is 2. The zero-order valence-corrected chi connectivity index (χ0v) is 17.7. The van der Waals surface area contributed by atoms with Crippen molar-refractivity contribution in [1.29, 1.82) is 0 Å². The maximum Gasteiger partial charge on any atom is 0.418 e. The SMILES string of the molecule is Cn1c(CN2C[C@@H]3C(CNc4cc(C(F)(F)F)ccc4C(F)(F)F)[C@@H]3C2)nc2ccccc21. The number of nitrogens with zero attached hydrogens (tertiary/aromatic N) is 3. The van der Waals surface area contributed by atoms with E-state index in [1.165, 1.54) is 0 Å². The van der Waals surface area contributed by atoms with Crippen molar-refractivity contribution >= 4 is 16.7 Å². The van der Waals surface area contributed by atoms with E-state index in [-0.39, 0.29) is 12.5 Å². The number of benzene rings is 2. The van der Waals surface area contributed by atoms with Crippen molar-refractivity contribution in [2.45, 2.75) is 18.9 Å². The number of anilines is 1. The van der Waals surface area contributed by atoms with Crippen LogP contribution in [-0.4, -0.2) is 34.1 Å². The first kappa shape index (κ1) is 22.1. The molecule has 2 heterocycles. The molecular formula is C23H22F6N4. The Balaban J connectivity index is 1.21. The summed E-state index contributed by atoms with van der Waals surface area (Å²) in [4.78, 5) is 6.96. The molecule has 176 valence electrons. The highest BCUT2D eigenvalue weighted by Crippen LogP contribution is 2.52. The van der Waals surface area contributed by atoms with Crippen LogP contribution in [0.15, 0.2) is 42.5 Å². The van der Waals surface area contributed by atoms with E-state index in [0.717, 1.165) is 29.9 Å². The molecule has 2 aliphatic rings. The monoisotopic (exact) mass is 468 g/mol. The van der Waals surface area contributed by atoms with Gasteiger partial charge in [0.15, 0.2) is 0 Å². The van der Waals surface area contributed by atoms with Gasteiger partial charge in [0, 0.05) is 32.4 Å². The first-order valence-electron chi connectivity index (χ1n) is 10.7. The second kappa shape index (κ2) is 7.65. The Hall–Kier alpha value is -2.75. The van der Waals surface area contributed by atoms with Crippen LogP contribution in [0.1, 0.15) is 17.0 Å². The lowest BCUT2D eigenvalue weighted by atomic mass is 10.1. The van der Waals surface area contributed by atoms with Crippen LogP contribution >= 0.6 is 0 Å². The molecule has 3 aromatic rings. The second-order valence-corrected chi connectivity index (χ2v) is 8.90. The summed E-state index contributed by atoms with van der Waals surface area (Å²) < 4.78 is 80.9. The van der Waals surface area contributed by atoms with E-state index in [2.05, 4.69) is 19.8 Å². The molecule has 0 bridgehead atoms. The number of hydrogen-bond acceptors (Lipinski definition) is 3. The average Bonchev–Trinajstić information content (AvgIpc) is 3.04. The predicted molar refractivity (Wildman–Crippen MR) is 111 cm³/mol. The topological polar surface area (TPSA) is 33.1 Å². The van der Waals surface area contributed by atoms with Crippen LogP contribution in [0.2, 0.25) is 0 Å². The number of rotatable bonds is 5. The minimum atomic E-state index is -4.73. The lowest BCUT2D eigenvalue weighted by Gasteiger charge is -2.20. The van der Waals surface area contributed by atoms with Crippen molar-refractivity contribution in [3.8, 4) is 0 Å². The molecule has 1 N–H and O–H groups in total. The zero-order valence-electron chi connectivity index (χ0n) is 17.7. The fraction of sp³-hybridized carbons (Fsp3) is 0.435. The standard InChI is InChI=1S/C23H22F6N4/c1-32-20-5-3-2-4-18(20)31-21(32)12-33-10-15-14(16(15)11-33)9-30-19-8-13(22(24,25)26)6-7-17(19)23(27,28)29/h2-8,14-16,30H,9-12H2,1H3/t14?,15-,16+. The molecule has 2 aromatic carbocycles. The number of halogens is 6. The molecule has 4 nitrogen and oxygen atoms in total. The Bertz CT molecular complexity index is 1170. The molecule has 1 aliphatic carbocycles. The summed E-state index contributed by atoms with van der Waals surface area (Å²) in [6.07, 6.45) is -9.43. The minimum absolute atomic E-state index is 0.150. The van der Waals surface area contributed by atoms with Gasteiger partial charge in [0.25, 0.3) is 0 Å². The van der Waals surface area contributed by atoms with Crippen molar-refractivity contribution in [2.24, 2.45) is 24.8 Å². The highest BCUT2D eigenvalue weighted by atomic mass is 19.4. The molecule has 0 spiro atoms. The first-order valence-corrected chi connectivity index (χ1v) is 10.7. The highest BCUT2D eigenvalue weighted by molar-refractivity contribution is 5.75. The summed E-state index contributed by atoms with van der Waals surface area (Å²) in [5, 5.41) is 2.66. The lowest BCUT2D eigenvalue weighted by molar-refractivity contribution is -0.140. The maximum absolute atomic E-state index is 13.3. The Labute approximate surface area is 186 Å². The van der Waals surface area contributed by atoms with E-state index in [9.17, 15) is 26.3 Å². The average molecular weight is 468 g/mol. The van der Waals surface area contributed by atoms with Crippen LogP contribution < -0.4 is 5.32 Å². The van der Waals surface area contributed by atoms with Crippen molar-refractivity contribution in [3.05, 3.63) is 59.4 Å². The molecule has 1 aromatic heterocycles. The van der Waals surface area contributed by atoms with Crippen molar-refractivity contribution < 1.29 is 26.3 Å². The van der Waals surface area contributed by atoms with Gasteiger partial charge in [-0.15, -0.1) is 0 Å². The predicted octanol–water partition coefficient (Wildman–Crippen LogP) is 5.40. The molecule has 0 amide bonds. The highest BCUT2D eigenvalue weighted by Gasteiger charge is 2.55. The number of imidazole rings is 1. The van der Waals surface area contributed by atoms with Gasteiger partial charge in [-0.05, 0) is 48.1 Å². The smallest absolute Gasteiger partial charge is 0.384 e. The summed E-state index contributed by atoms with van der Waals surface area (Å²) in [5.74, 6) is 1.75. The Morgan fingerprint density at radius 3 is 2.30 bits per heavy atom. The molecule has 1 saturated heterocycles. The number of nitrogens with one attached hydrogen (secondary N) is 1. The Kier molecular flexibility index (Phi) is 5.11. The van der Waals surface area contributed by atoms with Gasteiger partial charge in [-0.1, -0.05) is 12.1 Å². The summed E-state index contributed by atoms with van der Waals surface area (Å²) in [7, 11) is 1.97. The van der Waals surface area contributed by atoms with E-state index >= 15 is 0 Å². The van der Waals surface area contributed by atoms with Gasteiger partial charge in [0.05, 0.1) is 28.7 Å². The van der Waals surface area contributed by atoms with Crippen LogP contribution in [0.5, 0.6) is 0 Å². The van der Waals surface area contributed by atoms with Crippen LogP contribution in [0, 0.1) is 17.8 Å². The van der Waals surface area contributed by atoms with Crippen molar-refractivity contribution in [2.75, 3.05) is 25.0 Å². The molecule has 1 aliphatic heterocycles. The second-order valence-electron chi connectivity index (χ2n) is 8.90. The van der Waals surface area contributed by atoms with Crippen LogP contribution in [0.25, 0.3) is 11.0 Å². The maximum atomic E-state index is 13.3. The van der Waals surface area contributed by atoms with Gasteiger partial charge < -0.3 is 9.88 Å². The van der Waals surface area contributed by atoms with Crippen LogP contribution in [0.4, 0.5) is 32.0 Å². The van der Waals surface area contributed by atoms with E-state index in [0.29, 0.717) is 36.6 Å². The molecule has 3 atom stereocenters. The molecule has 10 heteroatoms. The Morgan fingerprint density at radius 2 is 1.67 bits per heavy atom. The largest absolute Gasteiger partial charge is 0.418 e. The normalized spacial score (nSPS) is 23.2. The number of para-hydroxylation sites is 2. The number of alkyl halides is 6. The third-order valence-corrected chi connectivity index (χ3v) is 6.87. The van der Waals surface area contributed by atoms with E-state index in [1.807, 2.05) is 31.3 Å². The fourth-order valence-electron chi connectivity index (χ4n) is 5.05. The third-order valence-electron chi connectivity index (χ3n) is 6.87. The summed E-state index contributed by atoms with van der Waals surface area (Å²) in [6, 6.07) is 9.40. The summed E-state index contributed by atoms with van der Waals surface area (Å²) >= 11 is 0. The third kappa shape index (κ3) is 4.16. The van der Waals surface area contributed by atoms with Crippen molar-refractivity contribution in [3.63, 3.8) is 0 Å². The van der Waals surface area contributed by atoms with Gasteiger partial charge in [0.2, 0.25) is 0 Å². The summed E-state index contributed by atoms with van der Waals surface area (Å²) in [6.45, 7) is 2.51. The minimum Gasteiger partial charge on any atom is -0.384 e. The fourth-order valence-corrected chi connectivity index (χ4v) is 5.05. The molecule has 33 heavy (non-hydrogen) atoms. The van der Waals surface area contributed by atoms with E-state index in [4.69, 9.17) is 0 Å². The van der Waals surface area contributed by atoms with Gasteiger partial charge in [0.1, 0.15) is 5.82 Å². The molecule has 2 fully saturated rings. The van der Waals surface area contributed by atoms with Crippen molar-refractivity contribution in [1.82, 2.24) is 14.5 Å². The number of aryl methyl sites for hydroxylation is 1. The van der Waals surface area contributed by atoms with E-state index in [1.54, 1.807) is 0 Å². The number of likely N-dealkylation sites (tertiary alicyclic amines) is 1. The molecule has 1 unspecified atom stereocenters. The lowest BCUT2D eigenvalue weighted by Crippen LogP contribution is -2.27. The molecule has 1 saturated carbocycles. The number of hydrogen-bond donors (Lipinski definition) is 1. The first-order chi connectivity index (χ1) is 15.5. The van der Waals surface area contributed by atoms with Gasteiger partial charge in [-0.3, -0.25) is 4.90 Å². The van der Waals surface area contributed by atoms with Gasteiger partial charge in [-0.25, -0.2) is 4.98 Å². The number of piperidine rings is 1. The van der Waals surface area contributed by atoms with Crippen LogP contribution in [0.3, 0.4) is 0 Å². The summed E-state index contributed by atoms with van der Waals surface area (Å²) in [5.41, 5.74) is -0.699. The van der Waals surface area contributed by atoms with Gasteiger partial charge in [-0.2, -0.15) is 26.3 Å². The Morgan fingerprint density at radius 1 is 0.970 bits per heavy atom. The van der Waals surface area contributed by atoms with Crippen LogP contribution in [-0.2, 0) is 25.9 Å².